The van der Waals surface area contributed by atoms with Crippen LogP contribution in [0.2, 0.25) is 0 Å². The van der Waals surface area contributed by atoms with E-state index in [0.29, 0.717) is 5.89 Å². The molecule has 1 unspecified atom stereocenters. The Balaban J connectivity index is 2.05. The van der Waals surface area contributed by atoms with E-state index in [-0.39, 0.29) is 5.22 Å². The summed E-state index contributed by atoms with van der Waals surface area (Å²) in [7, 11) is 1.44. The molecule has 0 spiro atoms. The van der Waals surface area contributed by atoms with Gasteiger partial charge in [-0.25, -0.2) is 4.79 Å². The molecule has 0 radical (unpaired) electrons. The predicted molar refractivity (Wildman–Crippen MR) is 87.1 cm³/mol. The standard InChI is InChI=1S/C15H18N4O3S/c1-8-5-6-11(7-9(8)2)13-18-19-15(22-13)23-10(3)12(20)17-14(21)16-4/h5-7,10H,1-4H3,(H2,16,17,20,21). The molecule has 0 bridgehead atoms. The van der Waals surface area contributed by atoms with E-state index < -0.39 is 17.2 Å². The molecule has 0 saturated carbocycles. The lowest BCUT2D eigenvalue weighted by Gasteiger charge is -2.07. The number of carbonyl (C=O) groups excluding carboxylic acids is 2. The van der Waals surface area contributed by atoms with Crippen molar-refractivity contribution in [3.8, 4) is 11.5 Å². The van der Waals surface area contributed by atoms with Gasteiger partial charge < -0.3 is 9.73 Å². The molecule has 0 aliphatic heterocycles. The maximum absolute atomic E-state index is 11.8. The van der Waals surface area contributed by atoms with Crippen molar-refractivity contribution in [3.63, 3.8) is 0 Å². The molecule has 0 aliphatic rings. The predicted octanol–water partition coefficient (Wildman–Crippen LogP) is 2.29. The van der Waals surface area contributed by atoms with Crippen LogP contribution >= 0.6 is 11.8 Å². The van der Waals surface area contributed by atoms with Gasteiger partial charge in [-0.05, 0) is 44.0 Å². The zero-order valence-electron chi connectivity index (χ0n) is 13.3. The number of thioether (sulfide) groups is 1. The van der Waals surface area contributed by atoms with Gasteiger partial charge in [0.25, 0.3) is 5.22 Å². The fraction of sp³-hybridized carbons (Fsp3) is 0.333. The highest BCUT2D eigenvalue weighted by atomic mass is 32.2. The molecule has 0 saturated heterocycles. The summed E-state index contributed by atoms with van der Waals surface area (Å²) in [6.07, 6.45) is 0. The van der Waals surface area contributed by atoms with E-state index in [1.807, 2.05) is 32.0 Å². The summed E-state index contributed by atoms with van der Waals surface area (Å²) in [6.45, 7) is 5.69. The van der Waals surface area contributed by atoms with Crippen molar-refractivity contribution in [3.05, 3.63) is 29.3 Å². The van der Waals surface area contributed by atoms with Crippen LogP contribution in [0.3, 0.4) is 0 Å². The van der Waals surface area contributed by atoms with Crippen molar-refractivity contribution in [1.82, 2.24) is 20.8 Å². The molecule has 2 rings (SSSR count). The second kappa shape index (κ2) is 7.28. The normalized spacial score (nSPS) is 11.8. The Bertz CT molecular complexity index is 729. The van der Waals surface area contributed by atoms with Crippen molar-refractivity contribution in [2.45, 2.75) is 31.2 Å². The quantitative estimate of drug-likeness (QED) is 0.833. The van der Waals surface area contributed by atoms with Crippen LogP contribution in [0.5, 0.6) is 0 Å². The van der Waals surface area contributed by atoms with E-state index in [9.17, 15) is 9.59 Å². The van der Waals surface area contributed by atoms with E-state index in [0.717, 1.165) is 22.9 Å². The van der Waals surface area contributed by atoms with Crippen molar-refractivity contribution >= 4 is 23.7 Å². The summed E-state index contributed by atoms with van der Waals surface area (Å²) in [5, 5.41) is 12.2. The number of rotatable bonds is 4. The van der Waals surface area contributed by atoms with Crippen LogP contribution in [0, 0.1) is 13.8 Å². The van der Waals surface area contributed by atoms with E-state index in [1.54, 1.807) is 6.92 Å². The Hall–Kier alpha value is -2.35. The third-order valence-corrected chi connectivity index (χ3v) is 4.21. The summed E-state index contributed by atoms with van der Waals surface area (Å²) in [4.78, 5) is 22.9. The molecule has 3 amide bonds. The fourth-order valence-corrected chi connectivity index (χ4v) is 2.41. The van der Waals surface area contributed by atoms with Crippen LogP contribution < -0.4 is 10.6 Å². The van der Waals surface area contributed by atoms with E-state index >= 15 is 0 Å². The number of aromatic nitrogens is 2. The van der Waals surface area contributed by atoms with E-state index in [4.69, 9.17) is 4.42 Å². The third-order valence-electron chi connectivity index (χ3n) is 3.27. The van der Waals surface area contributed by atoms with Crippen molar-refractivity contribution in [2.24, 2.45) is 0 Å². The van der Waals surface area contributed by atoms with Gasteiger partial charge in [0.15, 0.2) is 0 Å². The highest BCUT2D eigenvalue weighted by molar-refractivity contribution is 8.00. The lowest BCUT2D eigenvalue weighted by atomic mass is 10.1. The number of aryl methyl sites for hydroxylation is 2. The number of carbonyl (C=O) groups is 2. The second-order valence-corrected chi connectivity index (χ2v) is 6.29. The molecule has 23 heavy (non-hydrogen) atoms. The number of imide groups is 1. The summed E-state index contributed by atoms with van der Waals surface area (Å²) >= 11 is 1.09. The van der Waals surface area contributed by atoms with Crippen molar-refractivity contribution in [1.29, 1.82) is 0 Å². The average Bonchev–Trinajstić information content (AvgIpc) is 2.98. The number of amides is 3. The molecular formula is C15H18N4O3S. The monoisotopic (exact) mass is 334 g/mol. The van der Waals surface area contributed by atoms with Crippen LogP contribution in [0.25, 0.3) is 11.5 Å². The molecule has 0 aliphatic carbocycles. The Morgan fingerprint density at radius 2 is 1.96 bits per heavy atom. The van der Waals surface area contributed by atoms with Gasteiger partial charge in [0, 0.05) is 12.6 Å². The van der Waals surface area contributed by atoms with Gasteiger partial charge in [0.2, 0.25) is 11.8 Å². The summed E-state index contributed by atoms with van der Waals surface area (Å²) in [5.41, 5.74) is 3.14. The molecule has 1 heterocycles. The first-order chi connectivity index (χ1) is 10.9. The Kier molecular flexibility index (Phi) is 5.38. The van der Waals surface area contributed by atoms with Crippen LogP contribution in [0.15, 0.2) is 27.8 Å². The minimum absolute atomic E-state index is 0.276. The van der Waals surface area contributed by atoms with Gasteiger partial charge >= 0.3 is 6.03 Å². The minimum Gasteiger partial charge on any atom is -0.411 e. The number of nitrogens with one attached hydrogen (secondary N) is 2. The minimum atomic E-state index is -0.552. The molecule has 1 aromatic carbocycles. The second-order valence-electron chi connectivity index (χ2n) is 5.00. The lowest BCUT2D eigenvalue weighted by molar-refractivity contribution is -0.119. The largest absolute Gasteiger partial charge is 0.411 e. The smallest absolute Gasteiger partial charge is 0.321 e. The number of benzene rings is 1. The van der Waals surface area contributed by atoms with Gasteiger partial charge in [-0.2, -0.15) is 0 Å². The first kappa shape index (κ1) is 17.0. The van der Waals surface area contributed by atoms with Crippen LogP contribution in [-0.4, -0.2) is 34.4 Å². The molecule has 0 fully saturated rings. The molecule has 2 aromatic rings. The Morgan fingerprint density at radius 1 is 1.22 bits per heavy atom. The average molecular weight is 334 g/mol. The molecule has 1 aromatic heterocycles. The van der Waals surface area contributed by atoms with Crippen molar-refractivity contribution in [2.75, 3.05) is 7.05 Å². The maximum atomic E-state index is 11.8. The van der Waals surface area contributed by atoms with Crippen LogP contribution in [-0.2, 0) is 4.79 Å². The number of hydrogen-bond donors (Lipinski definition) is 2. The van der Waals surface area contributed by atoms with Crippen LogP contribution in [0.4, 0.5) is 4.79 Å². The Labute approximate surface area is 138 Å². The maximum Gasteiger partial charge on any atom is 0.321 e. The van der Waals surface area contributed by atoms with Gasteiger partial charge in [-0.3, -0.25) is 10.1 Å². The fourth-order valence-electron chi connectivity index (χ4n) is 1.73. The number of urea groups is 1. The highest BCUT2D eigenvalue weighted by Gasteiger charge is 2.20. The first-order valence-electron chi connectivity index (χ1n) is 7.01. The number of hydrogen-bond acceptors (Lipinski definition) is 6. The summed E-state index contributed by atoms with van der Waals surface area (Å²) < 4.78 is 5.58. The van der Waals surface area contributed by atoms with E-state index in [2.05, 4.69) is 20.8 Å². The molecule has 122 valence electrons. The van der Waals surface area contributed by atoms with Crippen LogP contribution in [0.1, 0.15) is 18.1 Å². The molecular weight excluding hydrogens is 316 g/mol. The van der Waals surface area contributed by atoms with Gasteiger partial charge in [-0.1, -0.05) is 17.8 Å². The summed E-state index contributed by atoms with van der Waals surface area (Å²) in [5.74, 6) is -0.0326. The van der Waals surface area contributed by atoms with E-state index in [1.165, 1.54) is 12.6 Å². The van der Waals surface area contributed by atoms with Gasteiger partial charge in [0.1, 0.15) is 0 Å². The zero-order valence-corrected chi connectivity index (χ0v) is 14.2. The topological polar surface area (TPSA) is 97.1 Å². The highest BCUT2D eigenvalue weighted by Crippen LogP contribution is 2.27. The summed E-state index contributed by atoms with van der Waals surface area (Å²) in [6, 6.07) is 5.32. The Morgan fingerprint density at radius 3 is 2.61 bits per heavy atom. The first-order valence-corrected chi connectivity index (χ1v) is 7.89. The van der Waals surface area contributed by atoms with Crippen molar-refractivity contribution < 1.29 is 14.0 Å². The SMILES string of the molecule is CNC(=O)NC(=O)C(C)Sc1nnc(-c2ccc(C)c(C)c2)o1. The molecule has 2 N–H and O–H groups in total. The zero-order chi connectivity index (χ0) is 17.0. The van der Waals surface area contributed by atoms with Gasteiger partial charge in [-0.15, -0.1) is 10.2 Å². The molecule has 7 nitrogen and oxygen atoms in total. The third kappa shape index (κ3) is 4.32. The lowest BCUT2D eigenvalue weighted by Crippen LogP contribution is -2.41. The van der Waals surface area contributed by atoms with Gasteiger partial charge in [0.05, 0.1) is 5.25 Å². The molecule has 1 atom stereocenters. The number of nitrogens with zero attached hydrogens (tertiary/aromatic N) is 2. The molecule has 8 heteroatoms.